The van der Waals surface area contributed by atoms with Crippen LogP contribution >= 0.6 is 12.4 Å². The Morgan fingerprint density at radius 1 is 1.67 bits per heavy atom. The monoisotopic (exact) mass is 234 g/mol. The van der Waals surface area contributed by atoms with Gasteiger partial charge in [0.1, 0.15) is 12.4 Å². The fourth-order valence-electron chi connectivity index (χ4n) is 1.12. The number of carboxylic acid groups (broad SMARTS) is 1. The molecule has 0 aromatic carbocycles. The van der Waals surface area contributed by atoms with Crippen LogP contribution in [-0.2, 0) is 16.0 Å². The number of carbonyl (C=O) groups is 1. The number of carboxylic acids is 1. The lowest BCUT2D eigenvalue weighted by atomic mass is 10.3. The molecule has 1 aromatic heterocycles. The minimum Gasteiger partial charge on any atom is -0.480 e. The number of imidazole rings is 1. The molecule has 0 unspecified atom stereocenters. The van der Waals surface area contributed by atoms with Crippen molar-refractivity contribution in [3.8, 4) is 0 Å². The first kappa shape index (κ1) is 13.9. The van der Waals surface area contributed by atoms with Crippen LogP contribution in [0.4, 0.5) is 0 Å². The quantitative estimate of drug-likeness (QED) is 0.725. The van der Waals surface area contributed by atoms with Gasteiger partial charge in [-0.3, -0.25) is 0 Å². The van der Waals surface area contributed by atoms with Crippen LogP contribution in [0, 0.1) is 6.92 Å². The van der Waals surface area contributed by atoms with Gasteiger partial charge in [-0.2, -0.15) is 0 Å². The van der Waals surface area contributed by atoms with Gasteiger partial charge in [0.25, 0.3) is 0 Å². The highest BCUT2D eigenvalue weighted by atomic mass is 35.5. The number of hydrogen-bond acceptors (Lipinski definition) is 3. The first-order valence-corrected chi connectivity index (χ1v) is 4.48. The molecule has 6 heteroatoms. The van der Waals surface area contributed by atoms with Crippen LogP contribution in [0.2, 0.25) is 0 Å². The Kier molecular flexibility index (Phi) is 6.73. The van der Waals surface area contributed by atoms with E-state index < -0.39 is 5.97 Å². The van der Waals surface area contributed by atoms with Crippen LogP contribution in [-0.4, -0.2) is 34.3 Å². The van der Waals surface area contributed by atoms with Crippen LogP contribution < -0.4 is 0 Å². The highest BCUT2D eigenvalue weighted by Gasteiger charge is 1.98. The zero-order chi connectivity index (χ0) is 10.4. The number of aliphatic carboxylic acids is 1. The Morgan fingerprint density at radius 2 is 2.40 bits per heavy atom. The van der Waals surface area contributed by atoms with E-state index in [0.29, 0.717) is 6.61 Å². The summed E-state index contributed by atoms with van der Waals surface area (Å²) in [7, 11) is 0. The molecular formula is C9H15ClN2O3. The summed E-state index contributed by atoms with van der Waals surface area (Å²) in [6.45, 7) is 2.14. The molecule has 1 heterocycles. The minimum atomic E-state index is -0.928. The second kappa shape index (κ2) is 7.25. The van der Waals surface area contributed by atoms with Crippen LogP contribution in [0.3, 0.4) is 0 Å². The van der Waals surface area contributed by atoms with E-state index in [1.165, 1.54) is 0 Å². The summed E-state index contributed by atoms with van der Waals surface area (Å²) in [4.78, 5) is 17.2. The molecule has 0 saturated heterocycles. The predicted octanol–water partition coefficient (Wildman–Crippen LogP) is 1.17. The normalized spacial score (nSPS) is 9.67. The standard InChI is InChI=1S/C9H14N2O3.ClH/c1-7-10-5-8(11-7)3-2-4-14-6-9(12)13;/h5H,2-4,6H2,1H3,(H,10,11)(H,12,13);1H. The SMILES string of the molecule is Cc1ncc(CCCOCC(=O)O)[nH]1.Cl. The first-order chi connectivity index (χ1) is 6.68. The molecular weight excluding hydrogens is 220 g/mol. The van der Waals surface area contributed by atoms with Crippen molar-refractivity contribution >= 4 is 18.4 Å². The number of rotatable bonds is 6. The van der Waals surface area contributed by atoms with E-state index in [4.69, 9.17) is 9.84 Å². The lowest BCUT2D eigenvalue weighted by Gasteiger charge is -1.99. The number of nitrogens with zero attached hydrogens (tertiary/aromatic N) is 1. The molecule has 0 bridgehead atoms. The lowest BCUT2D eigenvalue weighted by Crippen LogP contribution is -2.08. The Balaban J connectivity index is 0.00000196. The molecule has 0 amide bonds. The summed E-state index contributed by atoms with van der Waals surface area (Å²) in [5.74, 6) is -0.0335. The maximum atomic E-state index is 10.1. The van der Waals surface area contributed by atoms with Crippen LogP contribution in [0.15, 0.2) is 6.20 Å². The van der Waals surface area contributed by atoms with Crippen LogP contribution in [0.25, 0.3) is 0 Å². The second-order valence-electron chi connectivity index (χ2n) is 3.04. The molecule has 1 aromatic rings. The summed E-state index contributed by atoms with van der Waals surface area (Å²) in [6.07, 6.45) is 3.42. The molecule has 1 rings (SSSR count). The number of H-pyrrole nitrogens is 1. The van der Waals surface area contributed by atoms with E-state index in [2.05, 4.69) is 9.97 Å². The second-order valence-corrected chi connectivity index (χ2v) is 3.04. The number of halogens is 1. The average molecular weight is 235 g/mol. The molecule has 0 fully saturated rings. The van der Waals surface area contributed by atoms with Gasteiger partial charge >= 0.3 is 5.97 Å². The molecule has 5 nitrogen and oxygen atoms in total. The number of aromatic amines is 1. The van der Waals surface area contributed by atoms with Gasteiger partial charge < -0.3 is 14.8 Å². The Labute approximate surface area is 94.3 Å². The van der Waals surface area contributed by atoms with Gasteiger partial charge in [-0.15, -0.1) is 12.4 Å². The van der Waals surface area contributed by atoms with Crippen LogP contribution in [0.5, 0.6) is 0 Å². The first-order valence-electron chi connectivity index (χ1n) is 4.48. The molecule has 0 saturated carbocycles. The van der Waals surface area contributed by atoms with Crippen molar-refractivity contribution in [1.29, 1.82) is 0 Å². The maximum Gasteiger partial charge on any atom is 0.329 e. The van der Waals surface area contributed by atoms with E-state index >= 15 is 0 Å². The number of aryl methyl sites for hydroxylation is 2. The fourth-order valence-corrected chi connectivity index (χ4v) is 1.12. The summed E-state index contributed by atoms with van der Waals surface area (Å²) in [5.41, 5.74) is 1.06. The molecule has 0 spiro atoms. The number of aromatic nitrogens is 2. The zero-order valence-corrected chi connectivity index (χ0v) is 9.34. The van der Waals surface area contributed by atoms with E-state index in [9.17, 15) is 4.79 Å². The van der Waals surface area contributed by atoms with Gasteiger partial charge in [0.15, 0.2) is 0 Å². The maximum absolute atomic E-state index is 10.1. The van der Waals surface area contributed by atoms with E-state index in [-0.39, 0.29) is 19.0 Å². The van der Waals surface area contributed by atoms with Gasteiger partial charge in [0, 0.05) is 18.5 Å². The number of nitrogens with one attached hydrogen (secondary N) is 1. The largest absolute Gasteiger partial charge is 0.480 e. The van der Waals surface area contributed by atoms with Crippen molar-refractivity contribution < 1.29 is 14.6 Å². The van der Waals surface area contributed by atoms with Gasteiger partial charge in [-0.05, 0) is 19.8 Å². The highest BCUT2D eigenvalue weighted by Crippen LogP contribution is 1.99. The molecule has 0 aliphatic carbocycles. The third-order valence-electron chi connectivity index (χ3n) is 1.72. The van der Waals surface area contributed by atoms with Crippen molar-refractivity contribution in [2.75, 3.05) is 13.2 Å². The molecule has 0 aliphatic heterocycles. The van der Waals surface area contributed by atoms with Crippen molar-refractivity contribution in [3.05, 3.63) is 17.7 Å². The minimum absolute atomic E-state index is 0. The third-order valence-corrected chi connectivity index (χ3v) is 1.72. The van der Waals surface area contributed by atoms with Gasteiger partial charge in [-0.1, -0.05) is 0 Å². The Hall–Kier alpha value is -1.07. The van der Waals surface area contributed by atoms with Gasteiger partial charge in [0.2, 0.25) is 0 Å². The van der Waals surface area contributed by atoms with Crippen molar-refractivity contribution in [2.24, 2.45) is 0 Å². The number of hydrogen-bond donors (Lipinski definition) is 2. The molecule has 2 N–H and O–H groups in total. The Bertz CT molecular complexity index is 301. The molecule has 86 valence electrons. The molecule has 0 radical (unpaired) electrons. The third kappa shape index (κ3) is 6.09. The molecule has 15 heavy (non-hydrogen) atoms. The summed E-state index contributed by atoms with van der Waals surface area (Å²) in [5, 5.41) is 8.29. The van der Waals surface area contributed by atoms with E-state index in [0.717, 1.165) is 24.4 Å². The topological polar surface area (TPSA) is 75.2 Å². The van der Waals surface area contributed by atoms with Gasteiger partial charge in [0.05, 0.1) is 0 Å². The molecule has 0 atom stereocenters. The lowest BCUT2D eigenvalue weighted by molar-refractivity contribution is -0.142. The smallest absolute Gasteiger partial charge is 0.329 e. The van der Waals surface area contributed by atoms with Crippen molar-refractivity contribution in [1.82, 2.24) is 9.97 Å². The summed E-state index contributed by atoms with van der Waals surface area (Å²) >= 11 is 0. The summed E-state index contributed by atoms with van der Waals surface area (Å²) in [6, 6.07) is 0. The summed E-state index contributed by atoms with van der Waals surface area (Å²) < 4.78 is 4.89. The number of ether oxygens (including phenoxy) is 1. The fraction of sp³-hybridized carbons (Fsp3) is 0.556. The average Bonchev–Trinajstić information content (AvgIpc) is 2.50. The van der Waals surface area contributed by atoms with Crippen molar-refractivity contribution in [2.45, 2.75) is 19.8 Å². The van der Waals surface area contributed by atoms with E-state index in [1.807, 2.05) is 6.92 Å². The molecule has 0 aliphatic rings. The van der Waals surface area contributed by atoms with Gasteiger partial charge in [-0.25, -0.2) is 9.78 Å². The van der Waals surface area contributed by atoms with Crippen LogP contribution in [0.1, 0.15) is 17.9 Å². The predicted molar refractivity (Wildman–Crippen MR) is 57.3 cm³/mol. The van der Waals surface area contributed by atoms with Crippen molar-refractivity contribution in [3.63, 3.8) is 0 Å². The Morgan fingerprint density at radius 3 is 2.93 bits per heavy atom. The van der Waals surface area contributed by atoms with E-state index in [1.54, 1.807) is 6.20 Å². The zero-order valence-electron chi connectivity index (χ0n) is 8.52. The highest BCUT2D eigenvalue weighted by molar-refractivity contribution is 5.85.